The SMILES string of the molecule is CC1=Nc2ccc(Br)cc2[C@H](OCC(=O)Nc2ccccc2)C1. The van der Waals surface area contributed by atoms with Crippen LogP contribution in [-0.2, 0) is 9.53 Å². The van der Waals surface area contributed by atoms with Crippen LogP contribution in [0.15, 0.2) is 58.0 Å². The van der Waals surface area contributed by atoms with E-state index in [1.54, 1.807) is 0 Å². The van der Waals surface area contributed by atoms with Crippen molar-refractivity contribution < 1.29 is 9.53 Å². The zero-order valence-electron chi connectivity index (χ0n) is 12.8. The maximum absolute atomic E-state index is 12.0. The Morgan fingerprint density at radius 2 is 2.09 bits per heavy atom. The van der Waals surface area contributed by atoms with Crippen LogP contribution in [0.4, 0.5) is 11.4 Å². The number of fused-ring (bicyclic) bond motifs is 1. The van der Waals surface area contributed by atoms with Crippen molar-refractivity contribution in [2.45, 2.75) is 19.4 Å². The standard InChI is InChI=1S/C18H17BrN2O2/c1-12-9-17(15-10-13(19)7-8-16(15)20-12)23-11-18(22)21-14-5-3-2-4-6-14/h2-8,10,17H,9,11H2,1H3,(H,21,22)/t17-/m1/s1. The van der Waals surface area contributed by atoms with Gasteiger partial charge in [0.1, 0.15) is 6.61 Å². The van der Waals surface area contributed by atoms with Crippen molar-refractivity contribution in [3.63, 3.8) is 0 Å². The first kappa shape index (κ1) is 15.9. The molecule has 2 aromatic carbocycles. The number of halogens is 1. The van der Waals surface area contributed by atoms with Crippen LogP contribution in [-0.4, -0.2) is 18.2 Å². The lowest BCUT2D eigenvalue weighted by molar-refractivity contribution is -0.122. The Balaban J connectivity index is 1.66. The first-order valence-corrected chi connectivity index (χ1v) is 8.21. The minimum absolute atomic E-state index is 0.0127. The van der Waals surface area contributed by atoms with Crippen molar-refractivity contribution in [2.75, 3.05) is 11.9 Å². The molecule has 0 saturated heterocycles. The summed E-state index contributed by atoms with van der Waals surface area (Å²) < 4.78 is 6.84. The molecule has 0 fully saturated rings. The molecule has 23 heavy (non-hydrogen) atoms. The van der Waals surface area contributed by atoms with Crippen LogP contribution >= 0.6 is 15.9 Å². The molecule has 1 aliphatic heterocycles. The zero-order valence-corrected chi connectivity index (χ0v) is 14.3. The minimum atomic E-state index is -0.159. The smallest absolute Gasteiger partial charge is 0.250 e. The second-order valence-electron chi connectivity index (χ2n) is 5.47. The van der Waals surface area contributed by atoms with Crippen molar-refractivity contribution in [3.8, 4) is 0 Å². The van der Waals surface area contributed by atoms with Gasteiger partial charge in [-0.15, -0.1) is 0 Å². The molecule has 0 aliphatic carbocycles. The zero-order chi connectivity index (χ0) is 16.2. The Morgan fingerprint density at radius 3 is 2.87 bits per heavy atom. The molecular weight excluding hydrogens is 356 g/mol. The van der Waals surface area contributed by atoms with Crippen LogP contribution in [0.2, 0.25) is 0 Å². The van der Waals surface area contributed by atoms with Gasteiger partial charge in [-0.1, -0.05) is 34.1 Å². The third-order valence-electron chi connectivity index (χ3n) is 3.60. The van der Waals surface area contributed by atoms with Gasteiger partial charge in [0.15, 0.2) is 0 Å². The molecule has 1 heterocycles. The Hall–Kier alpha value is -1.98. The summed E-state index contributed by atoms with van der Waals surface area (Å²) in [5.74, 6) is -0.159. The number of nitrogens with one attached hydrogen (secondary N) is 1. The third kappa shape index (κ3) is 4.06. The summed E-state index contributed by atoms with van der Waals surface area (Å²) in [7, 11) is 0. The van der Waals surface area contributed by atoms with E-state index in [0.717, 1.165) is 27.1 Å². The monoisotopic (exact) mass is 372 g/mol. The summed E-state index contributed by atoms with van der Waals surface area (Å²) in [5, 5.41) is 2.82. The second-order valence-corrected chi connectivity index (χ2v) is 6.38. The van der Waals surface area contributed by atoms with Crippen molar-refractivity contribution >= 4 is 38.9 Å². The van der Waals surface area contributed by atoms with Gasteiger partial charge in [-0.2, -0.15) is 0 Å². The Labute approximate surface area is 143 Å². The molecule has 0 radical (unpaired) electrons. The summed E-state index contributed by atoms with van der Waals surface area (Å²) in [6.45, 7) is 1.99. The molecule has 118 valence electrons. The van der Waals surface area contributed by atoms with E-state index < -0.39 is 0 Å². The maximum Gasteiger partial charge on any atom is 0.250 e. The predicted octanol–water partition coefficient (Wildman–Crippen LogP) is 4.64. The van der Waals surface area contributed by atoms with Gasteiger partial charge in [0.2, 0.25) is 5.91 Å². The van der Waals surface area contributed by atoms with Crippen molar-refractivity contribution in [1.29, 1.82) is 0 Å². The first-order valence-electron chi connectivity index (χ1n) is 7.42. The third-order valence-corrected chi connectivity index (χ3v) is 4.09. The average Bonchev–Trinajstić information content (AvgIpc) is 2.54. The number of carbonyl (C=O) groups is 1. The van der Waals surface area contributed by atoms with Gasteiger partial charge in [0, 0.05) is 27.9 Å². The van der Waals surface area contributed by atoms with E-state index in [1.807, 2.05) is 55.5 Å². The number of aliphatic imine (C=N–C) groups is 1. The molecule has 0 saturated carbocycles. The molecule has 0 aromatic heterocycles. The maximum atomic E-state index is 12.0. The van der Waals surface area contributed by atoms with Gasteiger partial charge < -0.3 is 10.1 Å². The van der Waals surface area contributed by atoms with E-state index in [1.165, 1.54) is 0 Å². The van der Waals surface area contributed by atoms with E-state index >= 15 is 0 Å². The number of para-hydroxylation sites is 1. The fraction of sp³-hybridized carbons (Fsp3) is 0.222. The Bertz CT molecular complexity index is 744. The van der Waals surface area contributed by atoms with Gasteiger partial charge in [0.25, 0.3) is 0 Å². The number of nitrogens with zero attached hydrogens (tertiary/aromatic N) is 1. The summed E-state index contributed by atoms with van der Waals surface area (Å²) >= 11 is 3.47. The summed E-state index contributed by atoms with van der Waals surface area (Å²) in [4.78, 5) is 16.6. The van der Waals surface area contributed by atoms with Crippen molar-refractivity contribution in [2.24, 2.45) is 4.99 Å². The Morgan fingerprint density at radius 1 is 1.30 bits per heavy atom. The summed E-state index contributed by atoms with van der Waals surface area (Å²) in [6.07, 6.45) is 0.545. The van der Waals surface area contributed by atoms with Crippen LogP contribution in [0.25, 0.3) is 0 Å². The van der Waals surface area contributed by atoms with Gasteiger partial charge in [-0.3, -0.25) is 9.79 Å². The van der Waals surface area contributed by atoms with Gasteiger partial charge in [-0.05, 0) is 37.3 Å². The van der Waals surface area contributed by atoms with Crippen molar-refractivity contribution in [3.05, 3.63) is 58.6 Å². The Kier molecular flexibility index (Phi) is 4.88. The van der Waals surface area contributed by atoms with Crippen LogP contribution in [0, 0.1) is 0 Å². The quantitative estimate of drug-likeness (QED) is 0.849. The largest absolute Gasteiger partial charge is 0.363 e. The second kappa shape index (κ2) is 7.06. The minimum Gasteiger partial charge on any atom is -0.363 e. The van der Waals surface area contributed by atoms with Crippen LogP contribution in [0.5, 0.6) is 0 Å². The van der Waals surface area contributed by atoms with Gasteiger partial charge in [0.05, 0.1) is 11.8 Å². The van der Waals surface area contributed by atoms with E-state index in [-0.39, 0.29) is 18.6 Å². The molecule has 1 aliphatic rings. The molecule has 5 heteroatoms. The molecule has 1 amide bonds. The normalized spacial score (nSPS) is 16.4. The summed E-state index contributed by atoms with van der Waals surface area (Å²) in [6, 6.07) is 15.3. The highest BCUT2D eigenvalue weighted by atomic mass is 79.9. The molecule has 4 nitrogen and oxygen atoms in total. The number of rotatable bonds is 4. The van der Waals surface area contributed by atoms with Gasteiger partial charge >= 0.3 is 0 Å². The van der Waals surface area contributed by atoms with Gasteiger partial charge in [-0.25, -0.2) is 0 Å². The highest BCUT2D eigenvalue weighted by Crippen LogP contribution is 2.37. The number of carbonyl (C=O) groups excluding carboxylic acids is 1. The lowest BCUT2D eigenvalue weighted by Gasteiger charge is -2.24. The lowest BCUT2D eigenvalue weighted by atomic mass is 9.99. The number of hydrogen-bond donors (Lipinski definition) is 1. The molecular formula is C18H17BrN2O2. The average molecular weight is 373 g/mol. The van der Waals surface area contributed by atoms with Crippen LogP contribution in [0.1, 0.15) is 25.0 Å². The van der Waals surface area contributed by atoms with Crippen LogP contribution in [0.3, 0.4) is 0 Å². The number of hydrogen-bond acceptors (Lipinski definition) is 3. The molecule has 1 N–H and O–H groups in total. The molecule has 3 rings (SSSR count). The number of anilines is 1. The van der Waals surface area contributed by atoms with Crippen molar-refractivity contribution in [1.82, 2.24) is 0 Å². The summed E-state index contributed by atoms with van der Waals surface area (Å²) in [5.41, 5.74) is 3.70. The molecule has 0 bridgehead atoms. The molecule has 2 aromatic rings. The topological polar surface area (TPSA) is 50.7 Å². The number of benzene rings is 2. The first-order chi connectivity index (χ1) is 11.1. The van der Waals surface area contributed by atoms with Crippen LogP contribution < -0.4 is 5.32 Å². The van der Waals surface area contributed by atoms with E-state index in [4.69, 9.17) is 4.74 Å². The fourth-order valence-electron chi connectivity index (χ4n) is 2.56. The molecule has 0 spiro atoms. The van der Waals surface area contributed by atoms with E-state index in [2.05, 4.69) is 26.2 Å². The van der Waals surface area contributed by atoms with E-state index in [0.29, 0.717) is 6.42 Å². The predicted molar refractivity (Wildman–Crippen MR) is 95.3 cm³/mol. The van der Waals surface area contributed by atoms with E-state index in [9.17, 15) is 4.79 Å². The molecule has 0 unspecified atom stereocenters. The fourth-order valence-corrected chi connectivity index (χ4v) is 2.94. The highest BCUT2D eigenvalue weighted by molar-refractivity contribution is 9.10. The molecule has 1 atom stereocenters. The number of amides is 1. The lowest BCUT2D eigenvalue weighted by Crippen LogP contribution is -2.22. The number of ether oxygens (including phenoxy) is 1. The highest BCUT2D eigenvalue weighted by Gasteiger charge is 2.22.